The molecule has 5 atom stereocenters. The Hall–Kier alpha value is -0.395. The topological polar surface area (TPSA) is 71.5 Å². The Morgan fingerprint density at radius 1 is 1.21 bits per heavy atom. The minimum absolute atomic E-state index is 0.0147. The second kappa shape index (κ2) is 6.73. The molecule has 2 fully saturated rings. The molecule has 0 amide bonds. The van der Waals surface area contributed by atoms with Crippen molar-refractivity contribution in [3.8, 4) is 0 Å². The molecule has 0 bridgehead atoms. The molecule has 0 spiro atoms. The van der Waals surface area contributed by atoms with Crippen molar-refractivity contribution in [2.45, 2.75) is 96.4 Å². The van der Waals surface area contributed by atoms with Crippen molar-refractivity contribution < 1.29 is 24.3 Å². The molecule has 0 aliphatic carbocycles. The number of aliphatic hydroxyl groups excluding tert-OH is 1. The Labute approximate surface area is 146 Å². The van der Waals surface area contributed by atoms with Crippen LogP contribution in [0.3, 0.4) is 0 Å². The van der Waals surface area contributed by atoms with Gasteiger partial charge in [0.1, 0.15) is 0 Å². The van der Waals surface area contributed by atoms with Gasteiger partial charge in [0.2, 0.25) is 0 Å². The summed E-state index contributed by atoms with van der Waals surface area (Å²) < 4.78 is 17.5. The lowest BCUT2D eigenvalue weighted by Gasteiger charge is -2.32. The first-order chi connectivity index (χ1) is 10.9. The van der Waals surface area contributed by atoms with E-state index in [1.165, 1.54) is 0 Å². The number of ether oxygens (including phenoxy) is 1. The summed E-state index contributed by atoms with van der Waals surface area (Å²) >= 11 is 0. The first-order valence-corrected chi connectivity index (χ1v) is 8.99. The van der Waals surface area contributed by atoms with Gasteiger partial charge >= 0.3 is 7.12 Å². The Kier molecular flexibility index (Phi) is 5.58. The molecule has 2 saturated heterocycles. The highest BCUT2D eigenvalue weighted by Gasteiger charge is 2.51. The number of hydrogen-bond donors (Lipinski definition) is 2. The summed E-state index contributed by atoms with van der Waals surface area (Å²) in [4.78, 5) is 0. The van der Waals surface area contributed by atoms with Gasteiger partial charge in [-0.3, -0.25) is 0 Å². The molecule has 2 aliphatic rings. The monoisotopic (exact) mass is 340 g/mol. The van der Waals surface area contributed by atoms with E-state index < -0.39 is 12.7 Å². The molecule has 6 heteroatoms. The van der Waals surface area contributed by atoms with Crippen molar-refractivity contribution in [1.82, 2.24) is 0 Å². The number of epoxide rings is 1. The second-order valence-corrected chi connectivity index (χ2v) is 8.52. The van der Waals surface area contributed by atoms with Gasteiger partial charge in [-0.2, -0.15) is 0 Å². The predicted octanol–water partition coefficient (Wildman–Crippen LogP) is 2.49. The van der Waals surface area contributed by atoms with Crippen molar-refractivity contribution in [3.05, 3.63) is 12.1 Å². The van der Waals surface area contributed by atoms with Gasteiger partial charge in [0, 0.05) is 12.3 Å². The zero-order valence-corrected chi connectivity index (χ0v) is 16.1. The van der Waals surface area contributed by atoms with E-state index in [9.17, 15) is 10.2 Å². The van der Waals surface area contributed by atoms with Crippen LogP contribution in [-0.4, -0.2) is 52.4 Å². The molecule has 24 heavy (non-hydrogen) atoms. The van der Waals surface area contributed by atoms with Gasteiger partial charge in [-0.1, -0.05) is 25.9 Å². The first-order valence-electron chi connectivity index (χ1n) is 8.99. The molecule has 0 saturated carbocycles. The summed E-state index contributed by atoms with van der Waals surface area (Å²) in [6.45, 7) is 13.7. The third-order valence-electron chi connectivity index (χ3n) is 5.66. The van der Waals surface area contributed by atoms with E-state index in [0.717, 1.165) is 0 Å². The average molecular weight is 340 g/mol. The highest BCUT2D eigenvalue weighted by atomic mass is 16.7. The number of rotatable bonds is 7. The minimum Gasteiger partial charge on any atom is -0.400 e. The summed E-state index contributed by atoms with van der Waals surface area (Å²) in [7, 11) is -0.460. The average Bonchev–Trinajstić information content (AvgIpc) is 3.15. The fourth-order valence-corrected chi connectivity index (χ4v) is 3.10. The van der Waals surface area contributed by atoms with Crippen LogP contribution in [0.2, 0.25) is 0 Å². The van der Waals surface area contributed by atoms with Crippen LogP contribution in [0, 0.1) is 5.92 Å². The third-order valence-corrected chi connectivity index (χ3v) is 5.66. The van der Waals surface area contributed by atoms with E-state index in [-0.39, 0.29) is 35.4 Å². The summed E-state index contributed by atoms with van der Waals surface area (Å²) in [6, 6.07) is 0. The SMILES string of the molecule is CC[C@H](O)[C@@H](C)[C@H]1O[C@@H]1CC(C)(O)/C=C/B1OC(C)(C)C(C)(C)O1. The van der Waals surface area contributed by atoms with Gasteiger partial charge in [0.15, 0.2) is 0 Å². The van der Waals surface area contributed by atoms with Gasteiger partial charge in [-0.25, -0.2) is 0 Å². The summed E-state index contributed by atoms with van der Waals surface area (Å²) in [5, 5.41) is 20.5. The maximum atomic E-state index is 10.6. The van der Waals surface area contributed by atoms with Crippen molar-refractivity contribution >= 4 is 7.12 Å². The summed E-state index contributed by atoms with van der Waals surface area (Å²) in [6.07, 6.45) is 2.59. The second-order valence-electron chi connectivity index (χ2n) is 8.52. The fourth-order valence-electron chi connectivity index (χ4n) is 3.10. The summed E-state index contributed by atoms with van der Waals surface area (Å²) in [5.74, 6) is 1.86. The highest BCUT2D eigenvalue weighted by molar-refractivity contribution is 6.51. The van der Waals surface area contributed by atoms with E-state index in [1.807, 2.05) is 41.5 Å². The van der Waals surface area contributed by atoms with Gasteiger partial charge in [0.25, 0.3) is 0 Å². The molecular weight excluding hydrogens is 307 g/mol. The summed E-state index contributed by atoms with van der Waals surface area (Å²) in [5.41, 5.74) is -1.77. The van der Waals surface area contributed by atoms with E-state index in [0.29, 0.717) is 12.8 Å². The maximum Gasteiger partial charge on any atom is 0.486 e. The van der Waals surface area contributed by atoms with Crippen LogP contribution in [0.5, 0.6) is 0 Å². The molecule has 2 N–H and O–H groups in total. The Balaban J connectivity index is 1.87. The molecule has 2 aliphatic heterocycles. The number of aliphatic hydroxyl groups is 2. The van der Waals surface area contributed by atoms with Crippen LogP contribution in [0.15, 0.2) is 12.1 Å². The highest BCUT2D eigenvalue weighted by Crippen LogP contribution is 2.39. The van der Waals surface area contributed by atoms with Crippen LogP contribution >= 0.6 is 0 Å². The molecule has 2 heterocycles. The smallest absolute Gasteiger partial charge is 0.400 e. The van der Waals surface area contributed by atoms with Gasteiger partial charge in [0.05, 0.1) is 35.1 Å². The van der Waals surface area contributed by atoms with Crippen LogP contribution in [-0.2, 0) is 14.0 Å². The quantitative estimate of drug-likeness (QED) is 0.550. The first kappa shape index (κ1) is 19.9. The maximum absolute atomic E-state index is 10.6. The van der Waals surface area contributed by atoms with Crippen LogP contribution in [0.4, 0.5) is 0 Å². The Bertz CT molecular complexity index is 458. The zero-order valence-electron chi connectivity index (χ0n) is 16.1. The van der Waals surface area contributed by atoms with Crippen molar-refractivity contribution in [2.75, 3.05) is 0 Å². The molecule has 1 unspecified atom stereocenters. The Morgan fingerprint density at radius 2 is 1.75 bits per heavy atom. The lowest BCUT2D eigenvalue weighted by atomic mass is 9.85. The molecule has 0 radical (unpaired) electrons. The zero-order chi connectivity index (χ0) is 18.3. The third kappa shape index (κ3) is 4.41. The lowest BCUT2D eigenvalue weighted by Crippen LogP contribution is -2.41. The molecule has 0 aromatic heterocycles. The van der Waals surface area contributed by atoms with Crippen LogP contribution in [0.1, 0.15) is 61.3 Å². The van der Waals surface area contributed by atoms with Crippen molar-refractivity contribution in [1.29, 1.82) is 0 Å². The normalized spacial score (nSPS) is 33.5. The fraction of sp³-hybridized carbons (Fsp3) is 0.889. The van der Waals surface area contributed by atoms with Crippen molar-refractivity contribution in [2.24, 2.45) is 5.92 Å². The minimum atomic E-state index is -1.00. The molecule has 138 valence electrons. The van der Waals surface area contributed by atoms with Gasteiger partial charge in [-0.15, -0.1) is 0 Å². The Morgan fingerprint density at radius 3 is 2.25 bits per heavy atom. The van der Waals surface area contributed by atoms with E-state index in [1.54, 1.807) is 19.0 Å². The standard InChI is InChI=1S/C18H33BO5/c1-8-13(20)12(2)15-14(22-15)11-18(7,21)9-10-19-23-16(3,4)17(5,6)24-19/h9-10,12-15,20-21H,8,11H2,1-7H3/b10-9+/t12-,13+,14-,15-,18?/m1/s1. The van der Waals surface area contributed by atoms with Gasteiger partial charge < -0.3 is 24.3 Å². The number of hydrogen-bond acceptors (Lipinski definition) is 5. The van der Waals surface area contributed by atoms with Gasteiger partial charge in [-0.05, 0) is 41.0 Å². The molecule has 2 rings (SSSR count). The van der Waals surface area contributed by atoms with E-state index >= 15 is 0 Å². The lowest BCUT2D eigenvalue weighted by molar-refractivity contribution is 0.00578. The van der Waals surface area contributed by atoms with Crippen molar-refractivity contribution in [3.63, 3.8) is 0 Å². The van der Waals surface area contributed by atoms with Crippen LogP contribution in [0.25, 0.3) is 0 Å². The largest absolute Gasteiger partial charge is 0.486 e. The molecule has 5 nitrogen and oxygen atoms in total. The molecule has 0 aromatic rings. The van der Waals surface area contributed by atoms with E-state index in [4.69, 9.17) is 14.0 Å². The predicted molar refractivity (Wildman–Crippen MR) is 94.6 cm³/mol. The molecule has 0 aromatic carbocycles. The molecular formula is C18H33BO5. The van der Waals surface area contributed by atoms with Crippen LogP contribution < -0.4 is 0 Å². The van der Waals surface area contributed by atoms with E-state index in [2.05, 4.69) is 0 Å².